The molecular weight excluding hydrogens is 161 g/mol. The fourth-order valence-electron chi connectivity index (χ4n) is 0.500. The fraction of sp³-hybridized carbons (Fsp3) is 0.167. The quantitative estimate of drug-likeness (QED) is 0.553. The largest absolute Gasteiger partial charge is 0.425 e. The summed E-state index contributed by atoms with van der Waals surface area (Å²) in [6, 6.07) is 0.921. The van der Waals surface area contributed by atoms with Crippen LogP contribution in [0.1, 0.15) is 10.4 Å². The first-order chi connectivity index (χ1) is 4.50. The fourth-order valence-corrected chi connectivity index (χ4v) is 1.17. The van der Waals surface area contributed by atoms with Gasteiger partial charge in [0.05, 0.1) is 0 Å². The molecule has 0 aliphatic carbocycles. The number of alkyl halides is 3. The van der Waals surface area contributed by atoms with Crippen molar-refractivity contribution >= 4 is 11.3 Å². The van der Waals surface area contributed by atoms with E-state index < -0.39 is 11.1 Å². The van der Waals surface area contributed by atoms with Crippen molar-refractivity contribution in [3.8, 4) is 0 Å². The molecule has 0 aromatic carbocycles. The van der Waals surface area contributed by atoms with Gasteiger partial charge in [-0.05, 0) is 23.9 Å². The number of rotatable bonds is 0. The Balaban J connectivity index is 2.96. The lowest BCUT2D eigenvalue weighted by Gasteiger charge is -1.99. The molecule has 1 heterocycles. The van der Waals surface area contributed by atoms with E-state index in [1.807, 2.05) is 0 Å². The highest BCUT2D eigenvalue weighted by atomic mass is 32.1. The van der Waals surface area contributed by atoms with Gasteiger partial charge in [-0.2, -0.15) is 13.2 Å². The zero-order valence-corrected chi connectivity index (χ0v) is 5.59. The minimum Gasteiger partial charge on any atom is -0.165 e. The van der Waals surface area contributed by atoms with Gasteiger partial charge in [0.25, 0.3) is 0 Å². The molecule has 54 valence electrons. The molecule has 0 aliphatic heterocycles. The molecule has 1 aromatic rings. The van der Waals surface area contributed by atoms with Gasteiger partial charge in [0.1, 0.15) is 4.88 Å². The Morgan fingerprint density at radius 1 is 1.40 bits per heavy atom. The Kier molecular flexibility index (Phi) is 1.72. The first-order valence-electron chi connectivity index (χ1n) is 2.41. The van der Waals surface area contributed by atoms with Crippen LogP contribution in [0.15, 0.2) is 11.4 Å². The average Bonchev–Trinajstić information content (AvgIpc) is 2.11. The summed E-state index contributed by atoms with van der Waals surface area (Å²) in [5.41, 5.74) is 0.164. The molecule has 0 amide bonds. The molecule has 0 atom stereocenters. The highest BCUT2D eigenvalue weighted by Gasteiger charge is 2.31. The van der Waals surface area contributed by atoms with Gasteiger partial charge >= 0.3 is 6.18 Å². The zero-order chi connectivity index (χ0) is 7.78. The predicted molar refractivity (Wildman–Crippen MR) is 32.7 cm³/mol. The Bertz CT molecular complexity index is 223. The van der Waals surface area contributed by atoms with E-state index in [4.69, 9.17) is 6.92 Å². The van der Waals surface area contributed by atoms with E-state index in [-0.39, 0.29) is 5.56 Å². The molecule has 0 aliphatic rings. The van der Waals surface area contributed by atoms with Crippen molar-refractivity contribution in [2.75, 3.05) is 0 Å². The van der Waals surface area contributed by atoms with Gasteiger partial charge in [-0.15, -0.1) is 11.3 Å². The standard InChI is InChI=1S/C6H3F3S/c1-4-2-5(10-3-4)6(7,8)9/h1-3H. The second-order valence-corrected chi connectivity index (χ2v) is 2.65. The molecule has 0 unspecified atom stereocenters. The van der Waals surface area contributed by atoms with Gasteiger partial charge in [-0.25, -0.2) is 0 Å². The van der Waals surface area contributed by atoms with Crippen LogP contribution in [0.3, 0.4) is 0 Å². The summed E-state index contributed by atoms with van der Waals surface area (Å²) in [5.74, 6) is 0. The van der Waals surface area contributed by atoms with Crippen LogP contribution < -0.4 is 0 Å². The number of halogens is 3. The molecule has 4 heteroatoms. The summed E-state index contributed by atoms with van der Waals surface area (Å²) < 4.78 is 35.3. The minimum absolute atomic E-state index is 0.164. The molecule has 0 nitrogen and oxygen atoms in total. The zero-order valence-electron chi connectivity index (χ0n) is 4.77. The van der Waals surface area contributed by atoms with Gasteiger partial charge in [0.15, 0.2) is 0 Å². The summed E-state index contributed by atoms with van der Waals surface area (Å²) >= 11 is 0.606. The van der Waals surface area contributed by atoms with Crippen LogP contribution in [0.4, 0.5) is 13.2 Å². The van der Waals surface area contributed by atoms with Crippen molar-refractivity contribution in [1.82, 2.24) is 0 Å². The molecule has 0 spiro atoms. The van der Waals surface area contributed by atoms with Crippen LogP contribution in [0, 0.1) is 6.92 Å². The lowest BCUT2D eigenvalue weighted by atomic mass is 10.3. The van der Waals surface area contributed by atoms with E-state index in [1.54, 1.807) is 0 Å². The summed E-state index contributed by atoms with van der Waals surface area (Å²) in [7, 11) is 0. The van der Waals surface area contributed by atoms with Gasteiger partial charge < -0.3 is 0 Å². The first-order valence-corrected chi connectivity index (χ1v) is 3.29. The molecule has 0 bridgehead atoms. The van der Waals surface area contributed by atoms with E-state index in [0.29, 0.717) is 11.3 Å². The summed E-state index contributed by atoms with van der Waals surface area (Å²) in [6.45, 7) is 5.09. The maximum Gasteiger partial charge on any atom is 0.425 e. The molecule has 10 heavy (non-hydrogen) atoms. The minimum atomic E-state index is -4.25. The highest BCUT2D eigenvalue weighted by molar-refractivity contribution is 7.10. The van der Waals surface area contributed by atoms with Crippen LogP contribution in [-0.4, -0.2) is 0 Å². The molecule has 0 fully saturated rings. The third kappa shape index (κ3) is 1.50. The van der Waals surface area contributed by atoms with Crippen molar-refractivity contribution in [3.63, 3.8) is 0 Å². The Morgan fingerprint density at radius 2 is 2.00 bits per heavy atom. The van der Waals surface area contributed by atoms with Gasteiger partial charge in [-0.3, -0.25) is 0 Å². The normalized spacial score (nSPS) is 12.0. The van der Waals surface area contributed by atoms with Crippen molar-refractivity contribution in [1.29, 1.82) is 0 Å². The first kappa shape index (κ1) is 7.60. The van der Waals surface area contributed by atoms with Crippen LogP contribution in [-0.2, 0) is 6.18 Å². The Hall–Kier alpha value is -0.510. The number of thiophene rings is 1. The molecule has 1 aromatic heterocycles. The van der Waals surface area contributed by atoms with Gasteiger partial charge in [0, 0.05) is 0 Å². The monoisotopic (exact) mass is 164 g/mol. The lowest BCUT2D eigenvalue weighted by molar-refractivity contribution is -0.134. The van der Waals surface area contributed by atoms with Crippen LogP contribution in [0.2, 0.25) is 0 Å². The topological polar surface area (TPSA) is 0 Å². The maximum atomic E-state index is 11.8. The molecule has 0 saturated heterocycles. The molecule has 1 rings (SSSR count). The lowest BCUT2D eigenvalue weighted by Crippen LogP contribution is -2.00. The third-order valence-electron chi connectivity index (χ3n) is 0.899. The number of hydrogen-bond donors (Lipinski definition) is 0. The van der Waals surface area contributed by atoms with Gasteiger partial charge in [0.2, 0.25) is 0 Å². The van der Waals surface area contributed by atoms with E-state index in [9.17, 15) is 13.2 Å². The van der Waals surface area contributed by atoms with E-state index in [1.165, 1.54) is 5.38 Å². The Morgan fingerprint density at radius 3 is 2.20 bits per heavy atom. The van der Waals surface area contributed by atoms with E-state index in [2.05, 4.69) is 0 Å². The van der Waals surface area contributed by atoms with E-state index in [0.717, 1.165) is 6.07 Å². The third-order valence-corrected chi connectivity index (χ3v) is 1.89. The molecule has 2 radical (unpaired) electrons. The van der Waals surface area contributed by atoms with Crippen molar-refractivity contribution in [2.45, 2.75) is 6.18 Å². The predicted octanol–water partition coefficient (Wildman–Crippen LogP) is 2.83. The summed E-state index contributed by atoms with van der Waals surface area (Å²) in [5, 5.41) is 1.27. The molecule has 0 saturated carbocycles. The van der Waals surface area contributed by atoms with Crippen molar-refractivity contribution in [2.24, 2.45) is 0 Å². The number of hydrogen-bond acceptors (Lipinski definition) is 1. The SMILES string of the molecule is [CH]c1csc(C(F)(F)F)c1. The maximum absolute atomic E-state index is 11.8. The second kappa shape index (κ2) is 2.27. The van der Waals surface area contributed by atoms with Gasteiger partial charge in [-0.1, -0.05) is 0 Å². The van der Waals surface area contributed by atoms with Crippen LogP contribution in [0.25, 0.3) is 0 Å². The molecule has 0 N–H and O–H groups in total. The van der Waals surface area contributed by atoms with Crippen LogP contribution >= 0.6 is 11.3 Å². The molecular formula is C6H3F3S. The Labute approximate surface area is 60.3 Å². The average molecular weight is 164 g/mol. The van der Waals surface area contributed by atoms with Crippen molar-refractivity contribution in [3.05, 3.63) is 28.8 Å². The van der Waals surface area contributed by atoms with Crippen molar-refractivity contribution < 1.29 is 13.2 Å². The van der Waals surface area contributed by atoms with Crippen LogP contribution in [0.5, 0.6) is 0 Å². The second-order valence-electron chi connectivity index (χ2n) is 1.74. The smallest absolute Gasteiger partial charge is 0.165 e. The summed E-state index contributed by atoms with van der Waals surface area (Å²) in [6.07, 6.45) is -4.25. The van der Waals surface area contributed by atoms with E-state index >= 15 is 0 Å². The summed E-state index contributed by atoms with van der Waals surface area (Å²) in [4.78, 5) is -0.648. The highest BCUT2D eigenvalue weighted by Crippen LogP contribution is 2.33.